The molecule has 0 saturated heterocycles. The molecule has 0 radical (unpaired) electrons. The zero-order valence-corrected chi connectivity index (χ0v) is 12.1. The molecule has 1 heterocycles. The number of fused-ring (bicyclic) bond motifs is 1. The third kappa shape index (κ3) is 4.00. The van der Waals surface area contributed by atoms with Crippen LogP contribution in [0.3, 0.4) is 0 Å². The second kappa shape index (κ2) is 7.94. The molecule has 0 fully saturated rings. The van der Waals surface area contributed by atoms with Gasteiger partial charge in [0.2, 0.25) is 0 Å². The number of nitrogens with zero attached hydrogens (tertiary/aromatic N) is 1. The number of benzene rings is 1. The van der Waals surface area contributed by atoms with E-state index in [4.69, 9.17) is 9.47 Å². The zero-order valence-electron chi connectivity index (χ0n) is 12.1. The topological polar surface area (TPSA) is 43.4 Å². The SMILES string of the molecule is CCOC(CNCc1cncc2ccccc12)OCC. The maximum atomic E-state index is 5.51. The molecule has 2 aromatic rings. The second-order valence-corrected chi connectivity index (χ2v) is 4.49. The molecule has 4 nitrogen and oxygen atoms in total. The smallest absolute Gasteiger partial charge is 0.169 e. The van der Waals surface area contributed by atoms with Crippen LogP contribution in [-0.2, 0) is 16.0 Å². The van der Waals surface area contributed by atoms with Crippen molar-refractivity contribution in [3.63, 3.8) is 0 Å². The van der Waals surface area contributed by atoms with E-state index in [0.29, 0.717) is 19.8 Å². The number of rotatable bonds is 8. The van der Waals surface area contributed by atoms with E-state index < -0.39 is 0 Å². The highest BCUT2D eigenvalue weighted by molar-refractivity contribution is 5.84. The van der Waals surface area contributed by atoms with Crippen LogP contribution in [0.25, 0.3) is 10.8 Å². The molecule has 0 saturated carbocycles. The summed E-state index contributed by atoms with van der Waals surface area (Å²) in [7, 11) is 0. The molecule has 20 heavy (non-hydrogen) atoms. The summed E-state index contributed by atoms with van der Waals surface area (Å²) in [6, 6.07) is 8.28. The van der Waals surface area contributed by atoms with E-state index >= 15 is 0 Å². The van der Waals surface area contributed by atoms with E-state index in [1.165, 1.54) is 10.9 Å². The average molecular weight is 274 g/mol. The highest BCUT2D eigenvalue weighted by Crippen LogP contribution is 2.16. The molecule has 1 aromatic heterocycles. The van der Waals surface area contributed by atoms with Crippen molar-refractivity contribution in [1.82, 2.24) is 10.3 Å². The van der Waals surface area contributed by atoms with E-state index in [-0.39, 0.29) is 6.29 Å². The summed E-state index contributed by atoms with van der Waals surface area (Å²) < 4.78 is 11.0. The van der Waals surface area contributed by atoms with Gasteiger partial charge in [-0.2, -0.15) is 0 Å². The van der Waals surface area contributed by atoms with Gasteiger partial charge in [-0.15, -0.1) is 0 Å². The van der Waals surface area contributed by atoms with Gasteiger partial charge in [0.05, 0.1) is 0 Å². The minimum Gasteiger partial charge on any atom is -0.352 e. The van der Waals surface area contributed by atoms with Gasteiger partial charge < -0.3 is 14.8 Å². The molecule has 1 N–H and O–H groups in total. The maximum Gasteiger partial charge on any atom is 0.169 e. The lowest BCUT2D eigenvalue weighted by molar-refractivity contribution is -0.133. The monoisotopic (exact) mass is 274 g/mol. The Bertz CT molecular complexity index is 519. The molecule has 0 aliphatic rings. The second-order valence-electron chi connectivity index (χ2n) is 4.49. The number of aromatic nitrogens is 1. The van der Waals surface area contributed by atoms with Crippen LogP contribution in [0, 0.1) is 0 Å². The standard InChI is InChI=1S/C16H22N2O2/c1-3-19-16(20-4-2)12-18-11-14-10-17-9-13-7-5-6-8-15(13)14/h5-10,16,18H,3-4,11-12H2,1-2H3. The summed E-state index contributed by atoms with van der Waals surface area (Å²) in [6.45, 7) is 6.68. The Morgan fingerprint density at radius 1 is 1.10 bits per heavy atom. The first-order valence-corrected chi connectivity index (χ1v) is 7.10. The van der Waals surface area contributed by atoms with Crippen molar-refractivity contribution in [3.05, 3.63) is 42.2 Å². The average Bonchev–Trinajstić information content (AvgIpc) is 2.48. The fourth-order valence-electron chi connectivity index (χ4n) is 2.18. The predicted molar refractivity (Wildman–Crippen MR) is 80.5 cm³/mol. The van der Waals surface area contributed by atoms with Crippen LogP contribution < -0.4 is 5.32 Å². The summed E-state index contributed by atoms with van der Waals surface area (Å²) in [5.41, 5.74) is 1.19. The molecular weight excluding hydrogens is 252 g/mol. The molecule has 0 amide bonds. The molecule has 2 rings (SSSR count). The van der Waals surface area contributed by atoms with Crippen LogP contribution >= 0.6 is 0 Å². The van der Waals surface area contributed by atoms with Crippen molar-refractivity contribution < 1.29 is 9.47 Å². The molecule has 0 aliphatic heterocycles. The largest absolute Gasteiger partial charge is 0.352 e. The van der Waals surface area contributed by atoms with Gasteiger partial charge in [-0.1, -0.05) is 24.3 Å². The normalized spacial score (nSPS) is 11.3. The van der Waals surface area contributed by atoms with Crippen molar-refractivity contribution in [2.75, 3.05) is 19.8 Å². The Balaban J connectivity index is 1.95. The third-order valence-electron chi connectivity index (χ3n) is 3.08. The Morgan fingerprint density at radius 3 is 2.60 bits per heavy atom. The van der Waals surface area contributed by atoms with Crippen molar-refractivity contribution in [3.8, 4) is 0 Å². The first-order valence-electron chi connectivity index (χ1n) is 7.10. The van der Waals surface area contributed by atoms with Crippen LogP contribution in [0.4, 0.5) is 0 Å². The van der Waals surface area contributed by atoms with Gasteiger partial charge in [-0.05, 0) is 24.8 Å². The van der Waals surface area contributed by atoms with Gasteiger partial charge in [-0.25, -0.2) is 0 Å². The number of hydrogen-bond donors (Lipinski definition) is 1. The molecule has 4 heteroatoms. The lowest BCUT2D eigenvalue weighted by atomic mass is 10.1. The van der Waals surface area contributed by atoms with E-state index in [2.05, 4.69) is 28.5 Å². The zero-order chi connectivity index (χ0) is 14.2. The predicted octanol–water partition coefficient (Wildman–Crippen LogP) is 2.72. The summed E-state index contributed by atoms with van der Waals surface area (Å²) in [6.07, 6.45) is 3.61. The Morgan fingerprint density at radius 2 is 1.85 bits per heavy atom. The quantitative estimate of drug-likeness (QED) is 0.752. The summed E-state index contributed by atoms with van der Waals surface area (Å²) in [5.74, 6) is 0. The maximum absolute atomic E-state index is 5.51. The lowest BCUT2D eigenvalue weighted by Gasteiger charge is -2.17. The minimum absolute atomic E-state index is 0.187. The van der Waals surface area contributed by atoms with E-state index in [0.717, 1.165) is 11.9 Å². The first-order chi connectivity index (χ1) is 9.85. The van der Waals surface area contributed by atoms with Gasteiger partial charge >= 0.3 is 0 Å². The van der Waals surface area contributed by atoms with Gasteiger partial charge in [0.1, 0.15) is 0 Å². The molecular formula is C16H22N2O2. The van der Waals surface area contributed by atoms with Gasteiger partial charge in [-0.3, -0.25) is 4.98 Å². The Labute approximate surface area is 120 Å². The van der Waals surface area contributed by atoms with Crippen LogP contribution in [0.2, 0.25) is 0 Å². The summed E-state index contributed by atoms with van der Waals surface area (Å²) >= 11 is 0. The number of nitrogens with one attached hydrogen (secondary N) is 1. The molecule has 0 atom stereocenters. The molecule has 0 aliphatic carbocycles. The van der Waals surface area contributed by atoms with Crippen molar-refractivity contribution in [2.24, 2.45) is 0 Å². The van der Waals surface area contributed by atoms with Gasteiger partial charge in [0.15, 0.2) is 6.29 Å². The molecule has 1 aromatic carbocycles. The highest BCUT2D eigenvalue weighted by Gasteiger charge is 2.07. The van der Waals surface area contributed by atoms with Crippen molar-refractivity contribution in [2.45, 2.75) is 26.7 Å². The minimum atomic E-state index is -0.187. The molecule has 0 unspecified atom stereocenters. The fraction of sp³-hybridized carbons (Fsp3) is 0.438. The number of pyridine rings is 1. The van der Waals surface area contributed by atoms with Crippen LogP contribution in [0.15, 0.2) is 36.7 Å². The Hall–Kier alpha value is -1.49. The molecule has 0 spiro atoms. The number of ether oxygens (including phenoxy) is 2. The fourth-order valence-corrected chi connectivity index (χ4v) is 2.18. The van der Waals surface area contributed by atoms with E-state index in [1.54, 1.807) is 0 Å². The summed E-state index contributed by atoms with van der Waals surface area (Å²) in [5, 5.41) is 5.77. The van der Waals surface area contributed by atoms with Gasteiger partial charge in [0.25, 0.3) is 0 Å². The highest BCUT2D eigenvalue weighted by atomic mass is 16.7. The molecule has 108 valence electrons. The summed E-state index contributed by atoms with van der Waals surface area (Å²) in [4.78, 5) is 4.28. The number of hydrogen-bond acceptors (Lipinski definition) is 4. The van der Waals surface area contributed by atoms with E-state index in [1.807, 2.05) is 32.3 Å². The van der Waals surface area contributed by atoms with E-state index in [9.17, 15) is 0 Å². The molecule has 0 bridgehead atoms. The third-order valence-corrected chi connectivity index (χ3v) is 3.08. The van der Waals surface area contributed by atoms with Crippen molar-refractivity contribution in [1.29, 1.82) is 0 Å². The van der Waals surface area contributed by atoms with Crippen LogP contribution in [0.5, 0.6) is 0 Å². The van der Waals surface area contributed by atoms with Gasteiger partial charge in [0, 0.05) is 44.1 Å². The lowest BCUT2D eigenvalue weighted by Crippen LogP contribution is -2.31. The van der Waals surface area contributed by atoms with Crippen molar-refractivity contribution >= 4 is 10.8 Å². The van der Waals surface area contributed by atoms with Crippen LogP contribution in [-0.4, -0.2) is 31.0 Å². The van der Waals surface area contributed by atoms with Crippen LogP contribution in [0.1, 0.15) is 19.4 Å². The first kappa shape index (κ1) is 14.9. The Kier molecular flexibility index (Phi) is 5.92.